The van der Waals surface area contributed by atoms with E-state index >= 15 is 0 Å². The second-order valence-electron chi connectivity index (χ2n) is 6.36. The zero-order valence-corrected chi connectivity index (χ0v) is 16.1. The Balaban J connectivity index is 1.76. The molecule has 0 radical (unpaired) electrons. The molecular weight excluding hydrogens is 372 g/mol. The van der Waals surface area contributed by atoms with Crippen molar-refractivity contribution in [2.45, 2.75) is 31.1 Å². The van der Waals surface area contributed by atoms with Crippen LogP contribution in [0, 0.1) is 6.92 Å². The van der Waals surface area contributed by atoms with Crippen molar-refractivity contribution in [3.63, 3.8) is 0 Å². The van der Waals surface area contributed by atoms with Crippen LogP contribution < -0.4 is 5.32 Å². The summed E-state index contributed by atoms with van der Waals surface area (Å²) in [6, 6.07) is 11.3. The molecule has 1 aliphatic rings. The summed E-state index contributed by atoms with van der Waals surface area (Å²) >= 11 is 6.07. The van der Waals surface area contributed by atoms with E-state index in [2.05, 4.69) is 5.32 Å². The van der Waals surface area contributed by atoms with Crippen LogP contribution in [0.25, 0.3) is 0 Å². The average molecular weight is 393 g/mol. The number of amides is 1. The Bertz CT molecular complexity index is 905. The van der Waals surface area contributed by atoms with Gasteiger partial charge in [-0.2, -0.15) is 4.31 Å². The lowest BCUT2D eigenvalue weighted by molar-refractivity contribution is 0.102. The molecule has 1 heterocycles. The van der Waals surface area contributed by atoms with E-state index in [9.17, 15) is 13.2 Å². The molecule has 1 amide bonds. The number of benzene rings is 2. The number of anilines is 1. The summed E-state index contributed by atoms with van der Waals surface area (Å²) in [6.45, 7) is 2.93. The van der Waals surface area contributed by atoms with E-state index < -0.39 is 10.0 Å². The Morgan fingerprint density at radius 1 is 1.04 bits per heavy atom. The molecule has 2 aromatic carbocycles. The third kappa shape index (κ3) is 3.92. The SMILES string of the molecule is Cc1c(Cl)cccc1NC(=O)c1ccc(S(=O)(=O)N2CCCCC2)cc1. The number of carbonyl (C=O) groups is 1. The molecule has 0 aliphatic carbocycles. The van der Waals surface area contributed by atoms with Gasteiger partial charge in [-0.25, -0.2) is 8.42 Å². The summed E-state index contributed by atoms with van der Waals surface area (Å²) in [5, 5.41) is 3.38. The quantitative estimate of drug-likeness (QED) is 0.852. The van der Waals surface area contributed by atoms with Crippen LogP contribution in [-0.2, 0) is 10.0 Å². The van der Waals surface area contributed by atoms with Gasteiger partial charge in [-0.3, -0.25) is 4.79 Å². The van der Waals surface area contributed by atoms with Gasteiger partial charge in [0.2, 0.25) is 10.0 Å². The molecule has 0 aromatic heterocycles. The molecule has 0 bridgehead atoms. The van der Waals surface area contributed by atoms with E-state index in [0.29, 0.717) is 29.4 Å². The minimum Gasteiger partial charge on any atom is -0.322 e. The number of halogens is 1. The smallest absolute Gasteiger partial charge is 0.255 e. The monoisotopic (exact) mass is 392 g/mol. The largest absolute Gasteiger partial charge is 0.322 e. The fourth-order valence-corrected chi connectivity index (χ4v) is 4.66. The molecule has 5 nitrogen and oxygen atoms in total. The van der Waals surface area contributed by atoms with E-state index in [1.807, 2.05) is 6.92 Å². The Morgan fingerprint density at radius 2 is 1.69 bits per heavy atom. The summed E-state index contributed by atoms with van der Waals surface area (Å²) in [7, 11) is -3.49. The molecule has 1 aliphatic heterocycles. The normalized spacial score (nSPS) is 15.6. The second-order valence-corrected chi connectivity index (χ2v) is 8.70. The van der Waals surface area contributed by atoms with Gasteiger partial charge in [0.1, 0.15) is 0 Å². The number of hydrogen-bond acceptors (Lipinski definition) is 3. The van der Waals surface area contributed by atoms with Crippen molar-refractivity contribution in [2.24, 2.45) is 0 Å². The van der Waals surface area contributed by atoms with Gasteiger partial charge in [-0.15, -0.1) is 0 Å². The van der Waals surface area contributed by atoms with Crippen LogP contribution in [0.4, 0.5) is 5.69 Å². The van der Waals surface area contributed by atoms with Gasteiger partial charge in [0.05, 0.1) is 4.90 Å². The highest BCUT2D eigenvalue weighted by Gasteiger charge is 2.25. The fourth-order valence-electron chi connectivity index (χ4n) is 2.97. The van der Waals surface area contributed by atoms with Crippen molar-refractivity contribution < 1.29 is 13.2 Å². The Labute approximate surface area is 159 Å². The third-order valence-corrected chi connectivity index (χ3v) is 6.91. The number of carbonyl (C=O) groups excluding carboxylic acids is 1. The fraction of sp³-hybridized carbons (Fsp3) is 0.316. The molecule has 0 atom stereocenters. The maximum atomic E-state index is 12.7. The van der Waals surface area contributed by atoms with Gasteiger partial charge in [0, 0.05) is 29.4 Å². The van der Waals surface area contributed by atoms with Gasteiger partial charge in [-0.1, -0.05) is 24.1 Å². The number of nitrogens with zero attached hydrogens (tertiary/aromatic N) is 1. The van der Waals surface area contributed by atoms with Crippen LogP contribution in [0.3, 0.4) is 0 Å². The van der Waals surface area contributed by atoms with Crippen molar-refractivity contribution in [3.8, 4) is 0 Å². The Kier molecular flexibility index (Phi) is 5.65. The van der Waals surface area contributed by atoms with Crippen molar-refractivity contribution in [1.82, 2.24) is 4.31 Å². The molecule has 0 unspecified atom stereocenters. The number of rotatable bonds is 4. The van der Waals surface area contributed by atoms with Crippen LogP contribution in [-0.4, -0.2) is 31.7 Å². The maximum absolute atomic E-state index is 12.7. The summed E-state index contributed by atoms with van der Waals surface area (Å²) < 4.78 is 26.8. The standard InChI is InChI=1S/C19H21ClN2O3S/c1-14-17(20)6-5-7-18(14)21-19(23)15-8-10-16(11-9-15)26(24,25)22-12-3-2-4-13-22/h5-11H,2-4,12-13H2,1H3,(H,21,23). The zero-order chi connectivity index (χ0) is 18.7. The molecule has 2 aromatic rings. The van der Waals surface area contributed by atoms with Crippen molar-refractivity contribution in [2.75, 3.05) is 18.4 Å². The molecule has 3 rings (SSSR count). The Hall–Kier alpha value is -1.89. The number of piperidine rings is 1. The number of hydrogen-bond donors (Lipinski definition) is 1. The highest BCUT2D eigenvalue weighted by molar-refractivity contribution is 7.89. The first kappa shape index (κ1) is 18.9. The van der Waals surface area contributed by atoms with Gasteiger partial charge in [-0.05, 0) is 61.7 Å². The van der Waals surface area contributed by atoms with Crippen molar-refractivity contribution in [1.29, 1.82) is 0 Å². The molecule has 0 spiro atoms. The molecule has 26 heavy (non-hydrogen) atoms. The minimum absolute atomic E-state index is 0.217. The minimum atomic E-state index is -3.49. The zero-order valence-electron chi connectivity index (χ0n) is 14.5. The highest BCUT2D eigenvalue weighted by Crippen LogP contribution is 2.24. The molecule has 1 fully saturated rings. The lowest BCUT2D eigenvalue weighted by Gasteiger charge is -2.25. The first-order chi connectivity index (χ1) is 12.4. The highest BCUT2D eigenvalue weighted by atomic mass is 35.5. The van der Waals surface area contributed by atoms with E-state index in [-0.39, 0.29) is 10.8 Å². The summed E-state index contributed by atoms with van der Waals surface area (Å²) in [6.07, 6.45) is 2.84. The molecule has 0 saturated carbocycles. The number of sulfonamides is 1. The van der Waals surface area contributed by atoms with E-state index in [1.54, 1.807) is 18.2 Å². The lowest BCUT2D eigenvalue weighted by atomic mass is 10.1. The van der Waals surface area contributed by atoms with E-state index in [4.69, 9.17) is 11.6 Å². The van der Waals surface area contributed by atoms with Crippen molar-refractivity contribution in [3.05, 3.63) is 58.6 Å². The van der Waals surface area contributed by atoms with Gasteiger partial charge in [0.15, 0.2) is 0 Å². The predicted molar refractivity (Wildman–Crippen MR) is 103 cm³/mol. The molecule has 7 heteroatoms. The van der Waals surface area contributed by atoms with E-state index in [0.717, 1.165) is 24.8 Å². The van der Waals surface area contributed by atoms with Crippen LogP contribution in [0.2, 0.25) is 5.02 Å². The van der Waals surface area contributed by atoms with Gasteiger partial charge in [0.25, 0.3) is 5.91 Å². The molecular formula is C19H21ClN2O3S. The van der Waals surface area contributed by atoms with Crippen LogP contribution in [0.15, 0.2) is 47.4 Å². The van der Waals surface area contributed by atoms with Gasteiger partial charge < -0.3 is 5.32 Å². The average Bonchev–Trinajstić information content (AvgIpc) is 2.66. The second kappa shape index (κ2) is 7.78. The lowest BCUT2D eigenvalue weighted by Crippen LogP contribution is -2.35. The first-order valence-electron chi connectivity index (χ1n) is 8.56. The molecule has 138 valence electrons. The van der Waals surface area contributed by atoms with Crippen LogP contribution in [0.1, 0.15) is 35.2 Å². The molecule has 1 saturated heterocycles. The van der Waals surface area contributed by atoms with Crippen molar-refractivity contribution >= 4 is 33.2 Å². The summed E-state index contributed by atoms with van der Waals surface area (Å²) in [5.41, 5.74) is 1.81. The predicted octanol–water partition coefficient (Wildman–Crippen LogP) is 4.08. The summed E-state index contributed by atoms with van der Waals surface area (Å²) in [4.78, 5) is 12.6. The third-order valence-electron chi connectivity index (χ3n) is 4.59. The van der Waals surface area contributed by atoms with Gasteiger partial charge >= 0.3 is 0 Å². The number of nitrogens with one attached hydrogen (secondary N) is 1. The van der Waals surface area contributed by atoms with E-state index in [1.165, 1.54) is 28.6 Å². The van der Waals surface area contributed by atoms with Crippen LogP contribution in [0.5, 0.6) is 0 Å². The summed E-state index contributed by atoms with van der Waals surface area (Å²) in [5.74, 6) is -0.308. The van der Waals surface area contributed by atoms with Crippen LogP contribution >= 0.6 is 11.6 Å². The Morgan fingerprint density at radius 3 is 2.35 bits per heavy atom. The topological polar surface area (TPSA) is 66.5 Å². The first-order valence-corrected chi connectivity index (χ1v) is 10.4. The molecule has 1 N–H and O–H groups in total. The maximum Gasteiger partial charge on any atom is 0.255 e.